The Kier molecular flexibility index (Phi) is 13.5. The lowest BCUT2D eigenvalue weighted by atomic mass is 10.3. The topological polar surface area (TPSA) is 46.1 Å². The fourth-order valence-electron chi connectivity index (χ4n) is 6.08. The first kappa shape index (κ1) is 35.0. The normalized spacial score (nSPS) is 10.9. The van der Waals surface area contributed by atoms with Gasteiger partial charge in [-0.25, -0.2) is 0 Å². The Morgan fingerprint density at radius 3 is 0.609 bits per heavy atom. The van der Waals surface area contributed by atoms with Crippen LogP contribution < -0.4 is 41.9 Å². The fraction of sp³-hybridized carbons (Fsp3) is 0.100. The Labute approximate surface area is 275 Å². The first-order valence-electron chi connectivity index (χ1n) is 15.5. The predicted octanol–water partition coefficient (Wildman–Crippen LogP) is 5.66. The molecule has 0 saturated carbocycles. The van der Waals surface area contributed by atoms with E-state index in [4.69, 9.17) is 10.0 Å². The first-order chi connectivity index (χ1) is 22.5. The van der Waals surface area contributed by atoms with Crippen LogP contribution in [0.5, 0.6) is 0 Å². The highest BCUT2D eigenvalue weighted by Gasteiger charge is 2.44. The first-order valence-corrected chi connectivity index (χ1v) is 19.5. The molecule has 0 radical (unpaired) electrons. The summed E-state index contributed by atoms with van der Waals surface area (Å²) in [6, 6.07) is 66.0. The van der Waals surface area contributed by atoms with E-state index < -0.39 is 21.9 Å². The van der Waals surface area contributed by atoms with Crippen LogP contribution in [0.25, 0.3) is 0 Å². The Hall–Kier alpha value is -3.91. The molecule has 6 aromatic carbocycles. The maximum absolute atomic E-state index is 9.89. The third-order valence-corrected chi connectivity index (χ3v) is 17.1. The summed E-state index contributed by atoms with van der Waals surface area (Å²) in [6.45, 7) is 4.64. The lowest BCUT2D eigenvalue weighted by Crippen LogP contribution is -2.39. The van der Waals surface area contributed by atoms with Crippen molar-refractivity contribution in [3.05, 3.63) is 182 Å². The van der Waals surface area contributed by atoms with Crippen molar-refractivity contribution in [1.82, 2.24) is 0 Å². The van der Waals surface area contributed by atoms with E-state index in [2.05, 4.69) is 196 Å². The van der Waals surface area contributed by atoms with Crippen molar-refractivity contribution >= 4 is 53.7 Å². The van der Waals surface area contributed by atoms with E-state index in [1.54, 1.807) is 0 Å². The van der Waals surface area contributed by atoms with Crippen LogP contribution in [0.4, 0.5) is 4.32 Å². The second-order valence-corrected chi connectivity index (χ2v) is 18.1. The van der Waals surface area contributed by atoms with Crippen LogP contribution in [-0.2, 0) is 0 Å². The number of hydrogen-bond acceptors (Lipinski definition) is 2. The maximum Gasteiger partial charge on any atom is 0.121 e. The lowest BCUT2D eigenvalue weighted by molar-refractivity contribution is -0.366. The average molecular weight is 645 g/mol. The van der Waals surface area contributed by atoms with Gasteiger partial charge in [0.15, 0.2) is 0 Å². The van der Waals surface area contributed by atoms with Gasteiger partial charge < -0.3 is 14.4 Å². The van der Waals surface area contributed by atoms with Crippen LogP contribution >= 0.6 is 14.5 Å². The second-order valence-electron chi connectivity index (χ2n) is 10.5. The summed E-state index contributed by atoms with van der Waals surface area (Å²) in [5.74, 6) is 0. The molecule has 2 nitrogen and oxygen atoms in total. The molecule has 0 aliphatic heterocycles. The molecule has 46 heavy (non-hydrogen) atoms. The molecule has 0 spiro atoms. The third-order valence-electron chi connectivity index (χ3n) is 8.13. The van der Waals surface area contributed by atoms with E-state index in [9.17, 15) is 4.32 Å². The Morgan fingerprint density at radius 2 is 0.500 bits per heavy atom. The Bertz CT molecular complexity index is 1350. The summed E-state index contributed by atoms with van der Waals surface area (Å²) in [5, 5.41) is 25.4. The zero-order valence-electron chi connectivity index (χ0n) is 26.4. The Morgan fingerprint density at radius 1 is 0.370 bits per heavy atom. The lowest BCUT2D eigenvalue weighted by Gasteiger charge is -2.26. The van der Waals surface area contributed by atoms with Gasteiger partial charge in [0, 0.05) is 0 Å². The maximum atomic E-state index is 9.89. The van der Waals surface area contributed by atoms with Crippen molar-refractivity contribution in [3.63, 3.8) is 0 Å². The number of hydrogen-bond donors (Lipinski definition) is 0. The van der Waals surface area contributed by atoms with Crippen LogP contribution in [-0.4, -0.2) is 19.7 Å². The summed E-state index contributed by atoms with van der Waals surface area (Å²) >= 11 is 0. The molecule has 0 aliphatic rings. The molecule has 0 unspecified atom stereocenters. The molecular weight excluding hydrogens is 604 g/mol. The molecule has 0 atom stereocenters. The van der Waals surface area contributed by atoms with E-state index in [0.29, 0.717) is 0 Å². The highest BCUT2D eigenvalue weighted by atomic mass is 31.2. The molecule has 0 fully saturated rings. The van der Waals surface area contributed by atoms with Crippen LogP contribution in [0.15, 0.2) is 182 Å². The van der Waals surface area contributed by atoms with E-state index in [0.717, 1.165) is 12.3 Å². The average Bonchev–Trinajstić information content (AvgIpc) is 3.12. The minimum atomic E-state index is -3.17. The predicted molar refractivity (Wildman–Crippen MR) is 198 cm³/mol. The summed E-state index contributed by atoms with van der Waals surface area (Å²) < 4.78 is 9.89. The smallest absolute Gasteiger partial charge is 0.121 e. The standard InChI is InChI=1S/2C20H20P.BFO2/c2*1-2-21(18-12-6-3-7-13-18,19-14-8-4-9-15-19)20-16-10-5-11-17-20;2-1(3)4/h2*3-17H,2H2,1H3;/q2*+1;-2. The zero-order valence-corrected chi connectivity index (χ0v) is 28.2. The number of halogens is 1. The molecule has 6 aromatic rings. The van der Waals surface area contributed by atoms with Crippen molar-refractivity contribution in [2.24, 2.45) is 0 Å². The summed E-state index contributed by atoms with van der Waals surface area (Å²) in [4.78, 5) is 0. The van der Waals surface area contributed by atoms with Gasteiger partial charge in [0.2, 0.25) is 0 Å². The van der Waals surface area contributed by atoms with E-state index in [-0.39, 0.29) is 0 Å². The molecule has 0 aromatic heterocycles. The molecular formula is C40H40BFO2P2. The van der Waals surface area contributed by atoms with Gasteiger partial charge >= 0.3 is 0 Å². The van der Waals surface area contributed by atoms with Gasteiger partial charge in [-0.3, -0.25) is 0 Å². The zero-order chi connectivity index (χ0) is 32.7. The Balaban J connectivity index is 0.000000187. The van der Waals surface area contributed by atoms with Gasteiger partial charge in [-0.05, 0) is 86.6 Å². The quantitative estimate of drug-likeness (QED) is 0.159. The molecule has 232 valence electrons. The SMILES string of the molecule is CC[P+](c1ccccc1)(c1ccccc1)c1ccccc1.CC[P+](c1ccccc1)(c1ccccc1)c1ccccc1.[O-]B([O-])F. The van der Waals surface area contributed by atoms with Crippen LogP contribution in [0.1, 0.15) is 13.8 Å². The van der Waals surface area contributed by atoms with Gasteiger partial charge in [-0.2, -0.15) is 0 Å². The van der Waals surface area contributed by atoms with Crippen molar-refractivity contribution in [2.45, 2.75) is 13.8 Å². The molecule has 0 bridgehead atoms. The van der Waals surface area contributed by atoms with Gasteiger partial charge in [0.1, 0.15) is 53.7 Å². The van der Waals surface area contributed by atoms with E-state index in [1.165, 1.54) is 31.8 Å². The van der Waals surface area contributed by atoms with Crippen LogP contribution in [0.3, 0.4) is 0 Å². The van der Waals surface area contributed by atoms with Crippen LogP contribution in [0, 0.1) is 0 Å². The van der Waals surface area contributed by atoms with E-state index in [1.807, 2.05) is 0 Å². The van der Waals surface area contributed by atoms with Gasteiger partial charge in [0.25, 0.3) is 0 Å². The largest absolute Gasteiger partial charge is 0.867 e. The third kappa shape index (κ3) is 8.27. The second kappa shape index (κ2) is 17.7. The molecule has 0 amide bonds. The van der Waals surface area contributed by atoms with Gasteiger partial charge in [-0.1, -0.05) is 109 Å². The molecule has 0 aliphatic carbocycles. The molecule has 0 saturated heterocycles. The molecule has 6 rings (SSSR count). The monoisotopic (exact) mass is 644 g/mol. The van der Waals surface area contributed by atoms with Gasteiger partial charge in [0.05, 0.1) is 12.3 Å². The highest BCUT2D eigenvalue weighted by Crippen LogP contribution is 2.55. The highest BCUT2D eigenvalue weighted by molar-refractivity contribution is 7.96. The van der Waals surface area contributed by atoms with Crippen molar-refractivity contribution in [1.29, 1.82) is 0 Å². The molecule has 0 N–H and O–H groups in total. The van der Waals surface area contributed by atoms with E-state index >= 15 is 0 Å². The fourth-order valence-corrected chi connectivity index (χ4v) is 14.2. The van der Waals surface area contributed by atoms with Gasteiger partial charge in [-0.15, -0.1) is 0 Å². The number of rotatable bonds is 8. The minimum Gasteiger partial charge on any atom is -0.867 e. The van der Waals surface area contributed by atoms with Crippen LogP contribution in [0.2, 0.25) is 0 Å². The number of benzene rings is 6. The summed E-state index contributed by atoms with van der Waals surface area (Å²) in [7, 11) is -6.23. The summed E-state index contributed by atoms with van der Waals surface area (Å²) in [5.41, 5.74) is 0. The molecule has 6 heteroatoms. The summed E-state index contributed by atoms with van der Waals surface area (Å²) in [6.07, 6.45) is 2.29. The van der Waals surface area contributed by atoms with Crippen molar-refractivity contribution < 1.29 is 14.4 Å². The molecule has 0 heterocycles. The van der Waals surface area contributed by atoms with Crippen molar-refractivity contribution in [2.75, 3.05) is 12.3 Å². The minimum absolute atomic E-state index is 1.14. The van der Waals surface area contributed by atoms with Crippen molar-refractivity contribution in [3.8, 4) is 0 Å².